The highest BCUT2D eigenvalue weighted by atomic mass is 31.2. The quantitative estimate of drug-likeness (QED) is 0.0146. The van der Waals surface area contributed by atoms with Crippen LogP contribution < -0.4 is 0 Å². The van der Waals surface area contributed by atoms with Crippen molar-refractivity contribution in [1.29, 1.82) is 0 Å². The first-order valence-electron chi connectivity index (χ1n) is 38.8. The van der Waals surface area contributed by atoms with Gasteiger partial charge in [-0.2, -0.15) is 0 Å². The van der Waals surface area contributed by atoms with Gasteiger partial charge >= 0.3 is 33.6 Å². The van der Waals surface area contributed by atoms with Crippen molar-refractivity contribution in [2.45, 2.75) is 334 Å². The minimum atomic E-state index is -4.94. The largest absolute Gasteiger partial charge is 0.472 e. The maximum atomic E-state index is 12.9. The Hall–Kier alpha value is -4.05. The lowest BCUT2D eigenvalue weighted by Gasteiger charge is -2.21. The third-order valence-corrected chi connectivity index (χ3v) is 18.0. The molecule has 0 radical (unpaired) electrons. The van der Waals surface area contributed by atoms with Crippen molar-refractivity contribution in [1.82, 2.24) is 0 Å². The minimum Gasteiger partial charge on any atom is -0.463 e. The summed E-state index contributed by atoms with van der Waals surface area (Å²) in [6.07, 6.45) is 86.8. The normalized spacial score (nSPS) is 14.7. The smallest absolute Gasteiger partial charge is 0.463 e. The molecule has 0 saturated carbocycles. The molecule has 0 aromatic heterocycles. The molecule has 5 atom stereocenters. The molecule has 4 N–H and O–H groups in total. The standard InChI is InChI=1S/C81H140O16P2/c1-4-7-10-13-16-19-22-25-27-29-31-33-34-35-36-37-38-39-40-42-44-45-47-50-52-55-58-61-64-67-79(84)91-70-76(82)71-93-98(87,88)94-72-77(83)73-95-99(89,90)96-75-78(97-81(86)69-66-63-60-57-54-49-24-21-18-15-12-9-6-3)74-92-80(85)68-65-62-59-56-53-51-48-46-43-41-32-30-28-26-23-20-17-14-11-8-5-2/h8,11,16-17,19-21,24-28,31-33,35-36,41,46,48,76-78,82-83H,4-7,9-10,12-15,18,22-23,29-30,34,37-40,42-45,47,49-75H2,1-3H3,(H,87,88)(H,89,90)/b11-8-,19-16-,20-17-,24-21-,27-25-,28-26-,33-31-,36-35-,41-32-,48-46-. The first kappa shape index (κ1) is 94.9. The van der Waals surface area contributed by atoms with Crippen LogP contribution in [0.5, 0.6) is 0 Å². The van der Waals surface area contributed by atoms with E-state index in [2.05, 4.69) is 142 Å². The van der Waals surface area contributed by atoms with Crippen LogP contribution in [0.1, 0.15) is 316 Å². The fourth-order valence-electron chi connectivity index (χ4n) is 10.2. The molecule has 0 rings (SSSR count). The van der Waals surface area contributed by atoms with Crippen molar-refractivity contribution in [2.75, 3.05) is 39.6 Å². The molecule has 0 bridgehead atoms. The van der Waals surface area contributed by atoms with E-state index < -0.39 is 91.5 Å². The summed E-state index contributed by atoms with van der Waals surface area (Å²) in [5.41, 5.74) is 0. The maximum Gasteiger partial charge on any atom is 0.472 e. The Morgan fingerprint density at radius 1 is 0.293 bits per heavy atom. The predicted molar refractivity (Wildman–Crippen MR) is 408 cm³/mol. The van der Waals surface area contributed by atoms with E-state index in [-0.39, 0.29) is 19.3 Å². The molecule has 99 heavy (non-hydrogen) atoms. The van der Waals surface area contributed by atoms with Crippen molar-refractivity contribution in [2.24, 2.45) is 0 Å². The first-order chi connectivity index (χ1) is 48.2. The number of allylic oxidation sites excluding steroid dienone is 20. The Morgan fingerprint density at radius 3 is 0.879 bits per heavy atom. The summed E-state index contributed by atoms with van der Waals surface area (Å²) in [6, 6.07) is 0. The topological polar surface area (TPSA) is 231 Å². The molecule has 18 heteroatoms. The fourth-order valence-corrected chi connectivity index (χ4v) is 11.8. The summed E-state index contributed by atoms with van der Waals surface area (Å²) in [4.78, 5) is 58.6. The predicted octanol–water partition coefficient (Wildman–Crippen LogP) is 22.5. The van der Waals surface area contributed by atoms with Gasteiger partial charge in [0.15, 0.2) is 6.10 Å². The highest BCUT2D eigenvalue weighted by Crippen LogP contribution is 2.45. The summed E-state index contributed by atoms with van der Waals surface area (Å²) in [7, 11) is -9.79. The summed E-state index contributed by atoms with van der Waals surface area (Å²) in [5.74, 6) is -1.60. The molecule has 5 unspecified atom stereocenters. The lowest BCUT2D eigenvalue weighted by molar-refractivity contribution is -0.161. The average Bonchev–Trinajstić information content (AvgIpc) is 1.05. The summed E-state index contributed by atoms with van der Waals surface area (Å²) >= 11 is 0. The van der Waals surface area contributed by atoms with Crippen molar-refractivity contribution < 1.29 is 75.8 Å². The molecule has 0 spiro atoms. The van der Waals surface area contributed by atoms with Gasteiger partial charge < -0.3 is 34.2 Å². The van der Waals surface area contributed by atoms with Crippen LogP contribution in [-0.2, 0) is 55.8 Å². The number of rotatable bonds is 73. The van der Waals surface area contributed by atoms with Crippen LogP contribution in [0.15, 0.2) is 122 Å². The highest BCUT2D eigenvalue weighted by Gasteiger charge is 2.29. The molecular formula is C81H140O16P2. The molecule has 0 amide bonds. The highest BCUT2D eigenvalue weighted by molar-refractivity contribution is 7.47. The maximum absolute atomic E-state index is 12.9. The Labute approximate surface area is 602 Å². The molecule has 0 aromatic carbocycles. The lowest BCUT2D eigenvalue weighted by Crippen LogP contribution is -2.30. The Kier molecular flexibility index (Phi) is 70.7. The zero-order valence-corrected chi connectivity index (χ0v) is 63.9. The van der Waals surface area contributed by atoms with Crippen LogP contribution in [0.3, 0.4) is 0 Å². The molecule has 0 aliphatic rings. The van der Waals surface area contributed by atoms with Gasteiger partial charge in [-0.1, -0.05) is 284 Å². The van der Waals surface area contributed by atoms with E-state index in [1.54, 1.807) is 0 Å². The van der Waals surface area contributed by atoms with E-state index in [4.69, 9.17) is 32.3 Å². The zero-order chi connectivity index (χ0) is 72.3. The number of phosphoric acid groups is 2. The molecule has 0 aliphatic heterocycles. The van der Waals surface area contributed by atoms with Crippen LogP contribution in [0.4, 0.5) is 0 Å². The molecule has 0 fully saturated rings. The molecule has 16 nitrogen and oxygen atoms in total. The van der Waals surface area contributed by atoms with Crippen LogP contribution in [0, 0.1) is 0 Å². The van der Waals surface area contributed by atoms with Gasteiger partial charge in [0.2, 0.25) is 0 Å². The van der Waals surface area contributed by atoms with E-state index in [0.717, 1.165) is 148 Å². The molecule has 0 aromatic rings. The number of aliphatic hydroxyl groups excluding tert-OH is 2. The second-order valence-electron chi connectivity index (χ2n) is 25.8. The van der Waals surface area contributed by atoms with Crippen LogP contribution in [0.2, 0.25) is 0 Å². The van der Waals surface area contributed by atoms with E-state index in [1.807, 2.05) is 0 Å². The van der Waals surface area contributed by atoms with Gasteiger partial charge in [-0.25, -0.2) is 9.13 Å². The summed E-state index contributed by atoms with van der Waals surface area (Å²) in [5, 5.41) is 20.6. The average molecular weight is 1430 g/mol. The van der Waals surface area contributed by atoms with Crippen molar-refractivity contribution >= 4 is 33.6 Å². The summed E-state index contributed by atoms with van der Waals surface area (Å²) < 4.78 is 61.0. The number of hydrogen-bond donors (Lipinski definition) is 4. The van der Waals surface area contributed by atoms with Crippen LogP contribution in [-0.4, -0.2) is 95.9 Å². The van der Waals surface area contributed by atoms with Gasteiger partial charge in [-0.05, 0) is 135 Å². The second kappa shape index (κ2) is 73.7. The Morgan fingerprint density at radius 2 is 0.535 bits per heavy atom. The Bertz CT molecular complexity index is 2290. The van der Waals surface area contributed by atoms with Gasteiger partial charge in [0.25, 0.3) is 0 Å². The monoisotopic (exact) mass is 1430 g/mol. The lowest BCUT2D eigenvalue weighted by atomic mass is 10.0. The number of carbonyl (C=O) groups is 3. The van der Waals surface area contributed by atoms with Crippen molar-refractivity contribution in [3.63, 3.8) is 0 Å². The molecule has 0 heterocycles. The SMILES string of the molecule is CC/C=C\C/C=C\C/C=C\C/C=C\C/C=C\CCCCCCCC(=O)OCC(COP(=O)(O)OCC(O)COP(=O)(O)OCC(O)COC(=O)CCCCCCCCCCCCCCC/C=C\C/C=C\C/C=C\C/C=C\CCCCC)OC(=O)CCCCCCC/C=C\CCCCCC. The van der Waals surface area contributed by atoms with Crippen molar-refractivity contribution in [3.05, 3.63) is 122 Å². The number of phosphoric ester groups is 2. The van der Waals surface area contributed by atoms with Gasteiger partial charge in [-0.15, -0.1) is 0 Å². The van der Waals surface area contributed by atoms with Gasteiger partial charge in [0.1, 0.15) is 25.4 Å². The molecular weight excluding hydrogens is 1290 g/mol. The Balaban J connectivity index is 4.51. The third kappa shape index (κ3) is 74.9. The zero-order valence-electron chi connectivity index (χ0n) is 62.1. The van der Waals surface area contributed by atoms with Crippen molar-refractivity contribution in [3.8, 4) is 0 Å². The number of carbonyl (C=O) groups excluding carboxylic acids is 3. The molecule has 0 aliphatic carbocycles. The minimum absolute atomic E-state index is 0.0880. The molecule has 570 valence electrons. The van der Waals surface area contributed by atoms with Crippen LogP contribution in [0.25, 0.3) is 0 Å². The fraction of sp³-hybridized carbons (Fsp3) is 0.716. The van der Waals surface area contributed by atoms with E-state index >= 15 is 0 Å². The number of ether oxygens (including phenoxy) is 3. The van der Waals surface area contributed by atoms with E-state index in [1.165, 1.54) is 109 Å². The number of aliphatic hydroxyl groups is 2. The van der Waals surface area contributed by atoms with Gasteiger partial charge in [-0.3, -0.25) is 32.5 Å². The number of hydrogen-bond acceptors (Lipinski definition) is 14. The number of esters is 3. The van der Waals surface area contributed by atoms with E-state index in [0.29, 0.717) is 19.3 Å². The third-order valence-electron chi connectivity index (χ3n) is 16.1. The first-order valence-corrected chi connectivity index (χ1v) is 41.8. The van der Waals surface area contributed by atoms with Gasteiger partial charge in [0, 0.05) is 19.3 Å². The second-order valence-corrected chi connectivity index (χ2v) is 28.7. The molecule has 0 saturated heterocycles. The number of unbranched alkanes of at least 4 members (excludes halogenated alkanes) is 30. The summed E-state index contributed by atoms with van der Waals surface area (Å²) in [6.45, 7) is 2.50. The van der Waals surface area contributed by atoms with Crippen LogP contribution >= 0.6 is 15.6 Å². The van der Waals surface area contributed by atoms with Gasteiger partial charge in [0.05, 0.1) is 26.4 Å². The van der Waals surface area contributed by atoms with E-state index in [9.17, 15) is 43.5 Å².